The molecule has 0 radical (unpaired) electrons. The molecule has 0 saturated carbocycles. The van der Waals surface area contributed by atoms with Crippen molar-refractivity contribution in [2.24, 2.45) is 0 Å². The van der Waals surface area contributed by atoms with E-state index in [0.29, 0.717) is 6.54 Å². The maximum Gasteiger partial charge on any atom is 0.339 e. The number of benzene rings is 1. The van der Waals surface area contributed by atoms with Crippen LogP contribution in [0.15, 0.2) is 18.2 Å². The van der Waals surface area contributed by atoms with E-state index in [1.807, 2.05) is 13.8 Å². The van der Waals surface area contributed by atoms with E-state index in [-0.39, 0.29) is 35.3 Å². The monoisotopic (exact) mass is 336 g/mol. The molecule has 1 rings (SSSR count). The van der Waals surface area contributed by atoms with Gasteiger partial charge in [0.2, 0.25) is 0 Å². The van der Waals surface area contributed by atoms with Crippen molar-refractivity contribution in [3.63, 3.8) is 0 Å². The summed E-state index contributed by atoms with van der Waals surface area (Å²) in [5.41, 5.74) is -0.175. The zero-order valence-electron chi connectivity index (χ0n) is 11.9. The van der Waals surface area contributed by atoms with Gasteiger partial charge in [0.05, 0.1) is 15.5 Å². The number of non-ortho nitro benzene ring substituents is 1. The Bertz CT molecular complexity index is 493. The van der Waals surface area contributed by atoms with Crippen LogP contribution in [0.5, 0.6) is 0 Å². The van der Waals surface area contributed by atoms with Crippen molar-refractivity contribution >= 4 is 35.7 Å². The minimum Gasteiger partial charge on any atom is -0.461 e. The highest BCUT2D eigenvalue weighted by Crippen LogP contribution is 2.22. The van der Waals surface area contributed by atoms with Crippen LogP contribution in [0, 0.1) is 10.1 Å². The van der Waals surface area contributed by atoms with Crippen molar-refractivity contribution in [1.29, 1.82) is 0 Å². The van der Waals surface area contributed by atoms with Gasteiger partial charge in [0.1, 0.15) is 6.61 Å². The highest BCUT2D eigenvalue weighted by molar-refractivity contribution is 6.33. The second-order valence-corrected chi connectivity index (χ2v) is 4.49. The second kappa shape index (κ2) is 9.55. The van der Waals surface area contributed by atoms with E-state index >= 15 is 0 Å². The van der Waals surface area contributed by atoms with E-state index in [9.17, 15) is 14.9 Å². The second-order valence-electron chi connectivity index (χ2n) is 4.08. The van der Waals surface area contributed by atoms with Crippen LogP contribution in [0.2, 0.25) is 5.02 Å². The molecule has 0 bridgehead atoms. The molecule has 8 heteroatoms. The Labute approximate surface area is 134 Å². The standard InChI is InChI=1S/C13H17ClN2O4.ClH/c1-3-15(4-2)7-8-20-13(17)11-9-10(16(18)19)5-6-12(11)14;/h5-6,9H,3-4,7-8H2,1-2H3;1H. The molecule has 0 unspecified atom stereocenters. The van der Waals surface area contributed by atoms with E-state index in [1.54, 1.807) is 0 Å². The number of ether oxygens (including phenoxy) is 1. The van der Waals surface area contributed by atoms with Gasteiger partial charge in [-0.25, -0.2) is 4.79 Å². The summed E-state index contributed by atoms with van der Waals surface area (Å²) >= 11 is 5.86. The number of halogens is 2. The van der Waals surface area contributed by atoms with Gasteiger partial charge in [0.25, 0.3) is 5.69 Å². The maximum atomic E-state index is 11.9. The van der Waals surface area contributed by atoms with Gasteiger partial charge >= 0.3 is 5.97 Å². The first-order valence-corrected chi connectivity index (χ1v) is 6.70. The smallest absolute Gasteiger partial charge is 0.339 e. The molecule has 118 valence electrons. The first-order valence-electron chi connectivity index (χ1n) is 6.33. The summed E-state index contributed by atoms with van der Waals surface area (Å²) in [6.07, 6.45) is 0. The van der Waals surface area contributed by atoms with Gasteiger partial charge in [0, 0.05) is 18.7 Å². The number of hydrogen-bond donors (Lipinski definition) is 0. The molecular weight excluding hydrogens is 319 g/mol. The summed E-state index contributed by atoms with van der Waals surface area (Å²) in [6.45, 7) is 6.60. The quantitative estimate of drug-likeness (QED) is 0.434. The van der Waals surface area contributed by atoms with Gasteiger partial charge in [0.15, 0.2) is 0 Å². The minimum absolute atomic E-state index is 0. The maximum absolute atomic E-state index is 11.9. The van der Waals surface area contributed by atoms with E-state index in [2.05, 4.69) is 4.90 Å². The number of nitro groups is 1. The van der Waals surface area contributed by atoms with Crippen LogP contribution < -0.4 is 0 Å². The number of carbonyl (C=O) groups is 1. The molecule has 0 spiro atoms. The Morgan fingerprint density at radius 2 is 2.00 bits per heavy atom. The van der Waals surface area contributed by atoms with Gasteiger partial charge in [-0.05, 0) is 19.2 Å². The van der Waals surface area contributed by atoms with Crippen LogP contribution in [0.3, 0.4) is 0 Å². The van der Waals surface area contributed by atoms with Crippen LogP contribution in [-0.2, 0) is 4.74 Å². The molecule has 1 aromatic rings. The van der Waals surface area contributed by atoms with E-state index < -0.39 is 10.9 Å². The van der Waals surface area contributed by atoms with Crippen molar-refractivity contribution < 1.29 is 14.5 Å². The van der Waals surface area contributed by atoms with Gasteiger partial charge in [-0.2, -0.15) is 0 Å². The molecule has 0 aliphatic rings. The van der Waals surface area contributed by atoms with Crippen molar-refractivity contribution in [2.75, 3.05) is 26.2 Å². The van der Waals surface area contributed by atoms with Crippen LogP contribution >= 0.6 is 24.0 Å². The van der Waals surface area contributed by atoms with E-state index in [1.165, 1.54) is 12.1 Å². The molecule has 6 nitrogen and oxygen atoms in total. The molecule has 21 heavy (non-hydrogen) atoms. The lowest BCUT2D eigenvalue weighted by atomic mass is 10.2. The van der Waals surface area contributed by atoms with Crippen LogP contribution in [0.4, 0.5) is 5.69 Å². The molecule has 0 heterocycles. The van der Waals surface area contributed by atoms with Crippen LogP contribution in [-0.4, -0.2) is 42.0 Å². The summed E-state index contributed by atoms with van der Waals surface area (Å²) in [5, 5.41) is 10.8. The Morgan fingerprint density at radius 3 is 2.52 bits per heavy atom. The molecular formula is C13H18Cl2N2O4. The summed E-state index contributed by atoms with van der Waals surface area (Å²) in [5.74, 6) is -0.647. The normalized spacial score (nSPS) is 10.1. The molecule has 0 fully saturated rings. The Morgan fingerprint density at radius 1 is 1.38 bits per heavy atom. The lowest BCUT2D eigenvalue weighted by Crippen LogP contribution is -2.27. The Kier molecular flexibility index (Phi) is 8.92. The largest absolute Gasteiger partial charge is 0.461 e. The van der Waals surface area contributed by atoms with Crippen molar-refractivity contribution in [1.82, 2.24) is 4.90 Å². The van der Waals surface area contributed by atoms with Gasteiger partial charge < -0.3 is 9.64 Å². The Balaban J connectivity index is 0.00000400. The van der Waals surface area contributed by atoms with Gasteiger partial charge in [-0.3, -0.25) is 10.1 Å². The van der Waals surface area contributed by atoms with Gasteiger partial charge in [-0.1, -0.05) is 25.4 Å². The predicted molar refractivity (Wildman–Crippen MR) is 83.4 cm³/mol. The molecule has 0 N–H and O–H groups in total. The average molecular weight is 337 g/mol. The number of nitrogens with zero attached hydrogens (tertiary/aromatic N) is 2. The lowest BCUT2D eigenvalue weighted by Gasteiger charge is -2.17. The number of rotatable bonds is 7. The zero-order chi connectivity index (χ0) is 15.1. The van der Waals surface area contributed by atoms with Crippen LogP contribution in [0.1, 0.15) is 24.2 Å². The van der Waals surface area contributed by atoms with Crippen molar-refractivity contribution in [3.8, 4) is 0 Å². The Hall–Kier alpha value is -1.37. The highest BCUT2D eigenvalue weighted by Gasteiger charge is 2.17. The fourth-order valence-electron chi connectivity index (χ4n) is 1.67. The fourth-order valence-corrected chi connectivity index (χ4v) is 1.86. The van der Waals surface area contributed by atoms with Crippen molar-refractivity contribution in [2.45, 2.75) is 13.8 Å². The topological polar surface area (TPSA) is 72.7 Å². The molecule has 0 aromatic heterocycles. The summed E-state index contributed by atoms with van der Waals surface area (Å²) < 4.78 is 5.09. The number of likely N-dealkylation sites (N-methyl/N-ethyl adjacent to an activating group) is 1. The number of nitro benzene ring substituents is 1. The number of esters is 1. The third kappa shape index (κ3) is 5.87. The third-order valence-corrected chi connectivity index (χ3v) is 3.25. The molecule has 0 aliphatic carbocycles. The number of carbonyl (C=O) groups excluding carboxylic acids is 1. The molecule has 0 saturated heterocycles. The highest BCUT2D eigenvalue weighted by atomic mass is 35.5. The third-order valence-electron chi connectivity index (χ3n) is 2.92. The molecule has 1 aromatic carbocycles. The van der Waals surface area contributed by atoms with E-state index in [4.69, 9.17) is 16.3 Å². The van der Waals surface area contributed by atoms with Crippen molar-refractivity contribution in [3.05, 3.63) is 38.9 Å². The predicted octanol–water partition coefficient (Wildman–Crippen LogP) is 3.17. The lowest BCUT2D eigenvalue weighted by molar-refractivity contribution is -0.384. The minimum atomic E-state index is -0.647. The molecule has 0 atom stereocenters. The van der Waals surface area contributed by atoms with Gasteiger partial charge in [-0.15, -0.1) is 12.4 Å². The average Bonchev–Trinajstić information content (AvgIpc) is 2.43. The first kappa shape index (κ1) is 19.6. The first-order chi connectivity index (χ1) is 9.49. The van der Waals surface area contributed by atoms with E-state index in [0.717, 1.165) is 19.2 Å². The number of hydrogen-bond acceptors (Lipinski definition) is 5. The van der Waals surface area contributed by atoms with Crippen LogP contribution in [0.25, 0.3) is 0 Å². The molecule has 0 aliphatic heterocycles. The fraction of sp³-hybridized carbons (Fsp3) is 0.462. The summed E-state index contributed by atoms with van der Waals surface area (Å²) in [7, 11) is 0. The summed E-state index contributed by atoms with van der Waals surface area (Å²) in [6, 6.07) is 3.69. The summed E-state index contributed by atoms with van der Waals surface area (Å²) in [4.78, 5) is 24.0. The zero-order valence-corrected chi connectivity index (χ0v) is 13.4. The SMILES string of the molecule is CCN(CC)CCOC(=O)c1cc([N+](=O)[O-])ccc1Cl.Cl. The molecule has 0 amide bonds.